The van der Waals surface area contributed by atoms with Crippen LogP contribution in [0, 0.1) is 6.92 Å². The minimum Gasteiger partial charge on any atom is -0.446 e. The number of carbonyl (C=O) groups excluding carboxylic acids is 1. The van der Waals surface area contributed by atoms with Crippen molar-refractivity contribution in [2.24, 2.45) is 0 Å². The van der Waals surface area contributed by atoms with Crippen LogP contribution >= 0.6 is 0 Å². The van der Waals surface area contributed by atoms with Crippen LogP contribution in [0.2, 0.25) is 0 Å². The summed E-state index contributed by atoms with van der Waals surface area (Å²) < 4.78 is 31.0. The molecule has 0 aliphatic heterocycles. The molecule has 0 aromatic carbocycles. The number of anilines is 1. The summed E-state index contributed by atoms with van der Waals surface area (Å²) in [5.74, 6) is 0.278. The van der Waals surface area contributed by atoms with Gasteiger partial charge in [-0.1, -0.05) is 0 Å². The molecule has 1 aromatic rings. The second-order valence-electron chi connectivity index (χ2n) is 3.41. The predicted octanol–water partition coefficient (Wildman–Crippen LogP) is -0.0956. The number of ether oxygens (including phenoxy) is 1. The van der Waals surface area contributed by atoms with Crippen molar-refractivity contribution >= 4 is 22.3 Å². The Kier molecular flexibility index (Phi) is 3.89. The fourth-order valence-corrected chi connectivity index (χ4v) is 1.53. The minimum absolute atomic E-state index is 0.160. The second-order valence-corrected chi connectivity index (χ2v) is 4.82. The van der Waals surface area contributed by atoms with Crippen molar-refractivity contribution in [3.05, 3.63) is 5.82 Å². The molecule has 0 aliphatic carbocycles. The Bertz CT molecular complexity index is 494. The Labute approximate surface area is 98.1 Å². The number of aromatic nitrogens is 3. The van der Waals surface area contributed by atoms with E-state index in [0.29, 0.717) is 5.82 Å². The van der Waals surface area contributed by atoms with E-state index in [-0.39, 0.29) is 5.95 Å². The van der Waals surface area contributed by atoms with Gasteiger partial charge in [0, 0.05) is 0 Å². The fraction of sp³-hybridized carbons (Fsp3) is 0.571. The van der Waals surface area contributed by atoms with Crippen LogP contribution < -0.4 is 9.44 Å². The molecular formula is C7H13N5O4S. The zero-order valence-electron chi connectivity index (χ0n) is 9.51. The zero-order valence-corrected chi connectivity index (χ0v) is 10.3. The van der Waals surface area contributed by atoms with Crippen molar-refractivity contribution in [2.75, 3.05) is 4.72 Å². The molecule has 96 valence electrons. The number of rotatable bonds is 4. The average molecular weight is 263 g/mol. The molecule has 17 heavy (non-hydrogen) atoms. The highest BCUT2D eigenvalue weighted by Gasteiger charge is 2.17. The molecule has 9 nitrogen and oxygen atoms in total. The fourth-order valence-electron chi connectivity index (χ4n) is 0.882. The maximum atomic E-state index is 11.4. The van der Waals surface area contributed by atoms with Crippen LogP contribution in [0.15, 0.2) is 0 Å². The number of amides is 1. The lowest BCUT2D eigenvalue weighted by Gasteiger charge is -2.09. The zero-order chi connectivity index (χ0) is 13.1. The molecule has 0 aliphatic rings. The SMILES string of the molecule is Cc1nc(NS(=O)(=O)NC(=O)OC(C)C)n[nH]1. The second kappa shape index (κ2) is 4.99. The Hall–Kier alpha value is -1.84. The quantitative estimate of drug-likeness (QED) is 0.696. The van der Waals surface area contributed by atoms with Crippen LogP contribution in [0.4, 0.5) is 10.7 Å². The van der Waals surface area contributed by atoms with Crippen molar-refractivity contribution < 1.29 is 17.9 Å². The summed E-state index contributed by atoms with van der Waals surface area (Å²) in [4.78, 5) is 14.8. The van der Waals surface area contributed by atoms with Gasteiger partial charge in [-0.05, 0) is 20.8 Å². The first-order chi connectivity index (χ1) is 7.78. The van der Waals surface area contributed by atoms with Crippen molar-refractivity contribution in [1.82, 2.24) is 19.9 Å². The molecule has 0 saturated heterocycles. The van der Waals surface area contributed by atoms with Crippen LogP contribution in [0.1, 0.15) is 19.7 Å². The third-order valence-electron chi connectivity index (χ3n) is 1.38. The predicted molar refractivity (Wildman–Crippen MR) is 58.4 cm³/mol. The van der Waals surface area contributed by atoms with E-state index in [1.54, 1.807) is 25.5 Å². The van der Waals surface area contributed by atoms with Crippen molar-refractivity contribution in [1.29, 1.82) is 0 Å². The average Bonchev–Trinajstić information content (AvgIpc) is 2.46. The van der Waals surface area contributed by atoms with Crippen LogP contribution in [0.3, 0.4) is 0 Å². The Morgan fingerprint density at radius 1 is 1.47 bits per heavy atom. The highest BCUT2D eigenvalue weighted by Crippen LogP contribution is 2.00. The Balaban J connectivity index is 2.60. The molecule has 1 amide bonds. The van der Waals surface area contributed by atoms with Gasteiger partial charge in [0.1, 0.15) is 5.82 Å². The van der Waals surface area contributed by atoms with Gasteiger partial charge in [0.15, 0.2) is 0 Å². The van der Waals surface area contributed by atoms with Gasteiger partial charge in [-0.2, -0.15) is 13.4 Å². The molecule has 0 atom stereocenters. The summed E-state index contributed by atoms with van der Waals surface area (Å²) in [5, 5.41) is 6.00. The van der Waals surface area contributed by atoms with Crippen molar-refractivity contribution in [2.45, 2.75) is 26.9 Å². The lowest BCUT2D eigenvalue weighted by molar-refractivity contribution is 0.121. The Morgan fingerprint density at radius 3 is 2.59 bits per heavy atom. The number of carbonyl (C=O) groups is 1. The number of nitrogens with zero attached hydrogens (tertiary/aromatic N) is 2. The van der Waals surface area contributed by atoms with Crippen LogP contribution in [0.25, 0.3) is 0 Å². The standard InChI is InChI=1S/C7H13N5O4S/c1-4(2)16-7(13)12-17(14,15)11-6-8-5(3)9-10-6/h4H,1-3H3,(H,12,13)(H2,8,9,10,11). The molecule has 10 heteroatoms. The van der Waals surface area contributed by atoms with E-state index in [0.717, 1.165) is 0 Å². The topological polar surface area (TPSA) is 126 Å². The highest BCUT2D eigenvalue weighted by atomic mass is 32.2. The van der Waals surface area contributed by atoms with Gasteiger partial charge < -0.3 is 4.74 Å². The minimum atomic E-state index is -4.09. The largest absolute Gasteiger partial charge is 0.446 e. The number of nitrogens with one attached hydrogen (secondary N) is 3. The molecule has 0 spiro atoms. The first-order valence-electron chi connectivity index (χ1n) is 4.68. The number of aryl methyl sites for hydroxylation is 1. The first-order valence-corrected chi connectivity index (χ1v) is 6.17. The van der Waals surface area contributed by atoms with E-state index in [9.17, 15) is 13.2 Å². The molecular weight excluding hydrogens is 250 g/mol. The van der Waals surface area contributed by atoms with E-state index in [2.05, 4.69) is 19.9 Å². The summed E-state index contributed by atoms with van der Waals surface area (Å²) in [7, 11) is -4.09. The number of hydrogen-bond donors (Lipinski definition) is 3. The number of aromatic amines is 1. The summed E-state index contributed by atoms with van der Waals surface area (Å²) in [6.45, 7) is 4.79. The molecule has 0 unspecified atom stereocenters. The maximum absolute atomic E-state index is 11.4. The molecule has 0 radical (unpaired) electrons. The van der Waals surface area contributed by atoms with Gasteiger partial charge in [-0.15, -0.1) is 5.10 Å². The van der Waals surface area contributed by atoms with Gasteiger partial charge >= 0.3 is 16.3 Å². The van der Waals surface area contributed by atoms with Crippen LogP contribution in [-0.4, -0.2) is 35.8 Å². The third kappa shape index (κ3) is 4.68. The van der Waals surface area contributed by atoms with E-state index in [1.165, 1.54) is 0 Å². The van der Waals surface area contributed by atoms with Crippen molar-refractivity contribution in [3.63, 3.8) is 0 Å². The monoisotopic (exact) mass is 263 g/mol. The lowest BCUT2D eigenvalue weighted by Crippen LogP contribution is -2.37. The van der Waals surface area contributed by atoms with Gasteiger partial charge in [0.25, 0.3) is 5.95 Å². The van der Waals surface area contributed by atoms with Gasteiger partial charge in [-0.25, -0.2) is 14.2 Å². The number of H-pyrrole nitrogens is 1. The highest BCUT2D eigenvalue weighted by molar-refractivity contribution is 7.91. The summed E-state index contributed by atoms with van der Waals surface area (Å²) >= 11 is 0. The molecule has 0 fully saturated rings. The summed E-state index contributed by atoms with van der Waals surface area (Å²) in [6, 6.07) is 0. The van der Waals surface area contributed by atoms with Gasteiger partial charge in [-0.3, -0.25) is 5.10 Å². The maximum Gasteiger partial charge on any atom is 0.422 e. The molecule has 3 N–H and O–H groups in total. The summed E-state index contributed by atoms with van der Waals surface area (Å²) in [6.07, 6.45) is -1.49. The normalized spacial score (nSPS) is 11.3. The van der Waals surface area contributed by atoms with Crippen LogP contribution in [0.5, 0.6) is 0 Å². The first kappa shape index (κ1) is 13.2. The lowest BCUT2D eigenvalue weighted by atomic mass is 10.5. The van der Waals surface area contributed by atoms with Crippen molar-refractivity contribution in [3.8, 4) is 0 Å². The Morgan fingerprint density at radius 2 is 2.12 bits per heavy atom. The summed E-state index contributed by atoms with van der Waals surface area (Å²) in [5.41, 5.74) is 0. The van der Waals surface area contributed by atoms with Gasteiger partial charge in [0.05, 0.1) is 6.10 Å². The van der Waals surface area contributed by atoms with E-state index < -0.39 is 22.4 Å². The molecule has 1 aromatic heterocycles. The molecule has 1 rings (SSSR count). The molecule has 0 bridgehead atoms. The third-order valence-corrected chi connectivity index (χ3v) is 2.27. The smallest absolute Gasteiger partial charge is 0.422 e. The van der Waals surface area contributed by atoms with E-state index >= 15 is 0 Å². The van der Waals surface area contributed by atoms with E-state index in [1.807, 2.05) is 4.72 Å². The number of hydrogen-bond acceptors (Lipinski definition) is 6. The van der Waals surface area contributed by atoms with Gasteiger partial charge in [0.2, 0.25) is 0 Å². The molecule has 0 saturated carbocycles. The molecule has 1 heterocycles. The van der Waals surface area contributed by atoms with E-state index in [4.69, 9.17) is 0 Å². The van der Waals surface area contributed by atoms with Crippen LogP contribution in [-0.2, 0) is 14.9 Å².